The number of aliphatic hydroxyl groups excluding tert-OH is 1. The predicted octanol–water partition coefficient (Wildman–Crippen LogP) is 0.339. The van der Waals surface area contributed by atoms with Crippen molar-refractivity contribution >= 4 is 0 Å². The summed E-state index contributed by atoms with van der Waals surface area (Å²) in [4.78, 5) is 0. The second-order valence-electron chi connectivity index (χ2n) is 3.55. The van der Waals surface area contributed by atoms with E-state index >= 15 is 0 Å². The minimum Gasteiger partial charge on any atom is -0.388 e. The first kappa shape index (κ1) is 9.61. The number of aromatic nitrogens is 3. The highest BCUT2D eigenvalue weighted by Gasteiger charge is 2.15. The van der Waals surface area contributed by atoms with Crippen LogP contribution >= 0.6 is 0 Å². The van der Waals surface area contributed by atoms with Crippen molar-refractivity contribution in [3.63, 3.8) is 0 Å². The molecule has 1 saturated heterocycles. The lowest BCUT2D eigenvalue weighted by atomic mass is 10.1. The van der Waals surface area contributed by atoms with Crippen LogP contribution in [0.3, 0.4) is 0 Å². The summed E-state index contributed by atoms with van der Waals surface area (Å²) in [6, 6.07) is 0. The van der Waals surface area contributed by atoms with Crippen molar-refractivity contribution in [1.82, 2.24) is 14.8 Å². The fraction of sp³-hybridized carbons (Fsp3) is 0.778. The molecule has 0 spiro atoms. The highest BCUT2D eigenvalue weighted by atomic mass is 16.5. The predicted molar refractivity (Wildman–Crippen MR) is 49.5 cm³/mol. The van der Waals surface area contributed by atoms with E-state index in [9.17, 15) is 0 Å². The van der Waals surface area contributed by atoms with E-state index in [0.717, 1.165) is 26.0 Å². The van der Waals surface area contributed by atoms with Gasteiger partial charge in [0.05, 0.1) is 12.6 Å². The molecule has 2 heterocycles. The maximum Gasteiger partial charge on any atom is 0.158 e. The van der Waals surface area contributed by atoms with Gasteiger partial charge in [-0.3, -0.25) is 0 Å². The van der Waals surface area contributed by atoms with Gasteiger partial charge >= 0.3 is 0 Å². The fourth-order valence-electron chi connectivity index (χ4n) is 1.72. The van der Waals surface area contributed by atoms with E-state index in [1.165, 1.54) is 6.42 Å². The zero-order valence-corrected chi connectivity index (χ0v) is 8.09. The van der Waals surface area contributed by atoms with E-state index in [1.807, 2.05) is 4.57 Å². The maximum atomic E-state index is 8.97. The van der Waals surface area contributed by atoms with Gasteiger partial charge in [0.25, 0.3) is 0 Å². The molecule has 1 fully saturated rings. The summed E-state index contributed by atoms with van der Waals surface area (Å²) in [6.07, 6.45) is 5.37. The number of hydrogen-bond donors (Lipinski definition) is 1. The van der Waals surface area contributed by atoms with E-state index in [4.69, 9.17) is 9.84 Å². The molecule has 0 radical (unpaired) electrons. The molecule has 0 amide bonds. The molecule has 1 aliphatic heterocycles. The first-order valence-electron chi connectivity index (χ1n) is 4.99. The Bertz CT molecular complexity index is 281. The first-order valence-corrected chi connectivity index (χ1v) is 4.99. The Hall–Kier alpha value is -0.940. The van der Waals surface area contributed by atoms with Crippen LogP contribution in [0.15, 0.2) is 6.33 Å². The first-order chi connectivity index (χ1) is 6.90. The van der Waals surface area contributed by atoms with E-state index in [1.54, 1.807) is 6.33 Å². The average Bonchev–Trinajstić information content (AvgIpc) is 2.67. The zero-order chi connectivity index (χ0) is 9.80. The molecular weight excluding hydrogens is 182 g/mol. The van der Waals surface area contributed by atoms with Crippen LogP contribution in [0.1, 0.15) is 25.1 Å². The minimum atomic E-state index is -0.0628. The molecule has 1 aromatic rings. The smallest absolute Gasteiger partial charge is 0.158 e. The standard InChI is InChI=1S/C9H15N3O2/c13-6-9-11-10-7-12(9)5-8-3-1-2-4-14-8/h7-8,13H,1-6H2. The van der Waals surface area contributed by atoms with Gasteiger partial charge in [-0.05, 0) is 19.3 Å². The molecule has 1 aromatic heterocycles. The Labute approximate surface area is 82.7 Å². The third-order valence-corrected chi connectivity index (χ3v) is 2.51. The fourth-order valence-corrected chi connectivity index (χ4v) is 1.72. The number of ether oxygens (including phenoxy) is 1. The molecule has 0 saturated carbocycles. The van der Waals surface area contributed by atoms with Gasteiger partial charge in [0.2, 0.25) is 0 Å². The Kier molecular flexibility index (Phi) is 3.10. The van der Waals surface area contributed by atoms with Gasteiger partial charge < -0.3 is 14.4 Å². The van der Waals surface area contributed by atoms with E-state index in [2.05, 4.69) is 10.2 Å². The second-order valence-corrected chi connectivity index (χ2v) is 3.55. The number of hydrogen-bond acceptors (Lipinski definition) is 4. The highest BCUT2D eigenvalue weighted by Crippen LogP contribution is 2.14. The third-order valence-electron chi connectivity index (χ3n) is 2.51. The zero-order valence-electron chi connectivity index (χ0n) is 8.09. The van der Waals surface area contributed by atoms with Gasteiger partial charge in [-0.2, -0.15) is 0 Å². The summed E-state index contributed by atoms with van der Waals surface area (Å²) in [6.45, 7) is 1.54. The van der Waals surface area contributed by atoms with Crippen molar-refractivity contribution < 1.29 is 9.84 Å². The number of aliphatic hydroxyl groups is 1. The largest absolute Gasteiger partial charge is 0.388 e. The van der Waals surface area contributed by atoms with Gasteiger partial charge in [0, 0.05) is 6.61 Å². The molecule has 1 unspecified atom stereocenters. The summed E-state index contributed by atoms with van der Waals surface area (Å²) < 4.78 is 7.45. The summed E-state index contributed by atoms with van der Waals surface area (Å²) in [7, 11) is 0. The minimum absolute atomic E-state index is 0.0628. The molecule has 5 nitrogen and oxygen atoms in total. The monoisotopic (exact) mass is 197 g/mol. The lowest BCUT2D eigenvalue weighted by Crippen LogP contribution is -2.25. The van der Waals surface area contributed by atoms with Gasteiger partial charge in [-0.25, -0.2) is 0 Å². The summed E-state index contributed by atoms with van der Waals surface area (Å²) in [5.74, 6) is 0.610. The molecule has 5 heteroatoms. The quantitative estimate of drug-likeness (QED) is 0.759. The molecule has 0 aromatic carbocycles. The Balaban J connectivity index is 1.95. The highest BCUT2D eigenvalue weighted by molar-refractivity contribution is 4.83. The SMILES string of the molecule is OCc1nncn1CC1CCCCO1. The lowest BCUT2D eigenvalue weighted by molar-refractivity contribution is 0.00501. The summed E-state index contributed by atoms with van der Waals surface area (Å²) in [5, 5.41) is 16.5. The van der Waals surface area contributed by atoms with Gasteiger partial charge in [0.1, 0.15) is 12.9 Å². The van der Waals surface area contributed by atoms with Crippen molar-refractivity contribution in [2.45, 2.75) is 38.5 Å². The van der Waals surface area contributed by atoms with Crippen LogP contribution < -0.4 is 0 Å². The molecule has 1 aliphatic rings. The molecule has 1 N–H and O–H groups in total. The van der Waals surface area contributed by atoms with Crippen LogP contribution in [0.5, 0.6) is 0 Å². The van der Waals surface area contributed by atoms with Crippen molar-refractivity contribution in [3.05, 3.63) is 12.2 Å². The Morgan fingerprint density at radius 2 is 2.50 bits per heavy atom. The molecule has 0 aliphatic carbocycles. The molecule has 0 bridgehead atoms. The van der Waals surface area contributed by atoms with Crippen molar-refractivity contribution in [2.75, 3.05) is 6.61 Å². The van der Waals surface area contributed by atoms with Crippen LogP contribution in [-0.4, -0.2) is 32.6 Å². The lowest BCUT2D eigenvalue weighted by Gasteiger charge is -2.23. The van der Waals surface area contributed by atoms with Crippen molar-refractivity contribution in [3.8, 4) is 0 Å². The van der Waals surface area contributed by atoms with E-state index < -0.39 is 0 Å². The molecule has 2 rings (SSSR count). The third kappa shape index (κ3) is 2.10. The molecule has 78 valence electrons. The van der Waals surface area contributed by atoms with Gasteiger partial charge in [0.15, 0.2) is 5.82 Å². The van der Waals surface area contributed by atoms with E-state index in [-0.39, 0.29) is 12.7 Å². The number of nitrogens with zero attached hydrogens (tertiary/aromatic N) is 3. The number of rotatable bonds is 3. The topological polar surface area (TPSA) is 60.2 Å². The van der Waals surface area contributed by atoms with Crippen molar-refractivity contribution in [2.24, 2.45) is 0 Å². The Morgan fingerprint density at radius 3 is 3.21 bits per heavy atom. The second kappa shape index (κ2) is 4.52. The molecule has 14 heavy (non-hydrogen) atoms. The van der Waals surface area contributed by atoms with Crippen LogP contribution in [0.25, 0.3) is 0 Å². The average molecular weight is 197 g/mol. The Morgan fingerprint density at radius 1 is 1.57 bits per heavy atom. The van der Waals surface area contributed by atoms with Crippen LogP contribution in [0, 0.1) is 0 Å². The van der Waals surface area contributed by atoms with Gasteiger partial charge in [-0.1, -0.05) is 0 Å². The van der Waals surface area contributed by atoms with Crippen LogP contribution in [0.2, 0.25) is 0 Å². The van der Waals surface area contributed by atoms with Gasteiger partial charge in [-0.15, -0.1) is 10.2 Å². The normalized spacial score (nSPS) is 22.5. The van der Waals surface area contributed by atoms with Crippen LogP contribution in [0.4, 0.5) is 0 Å². The summed E-state index contributed by atoms with van der Waals surface area (Å²) in [5.41, 5.74) is 0. The van der Waals surface area contributed by atoms with Crippen molar-refractivity contribution in [1.29, 1.82) is 0 Å². The molecular formula is C9H15N3O2. The molecule has 1 atom stereocenters. The summed E-state index contributed by atoms with van der Waals surface area (Å²) >= 11 is 0. The van der Waals surface area contributed by atoms with E-state index in [0.29, 0.717) is 5.82 Å². The van der Waals surface area contributed by atoms with Crippen LogP contribution in [-0.2, 0) is 17.9 Å². The maximum absolute atomic E-state index is 8.97.